The third-order valence-corrected chi connectivity index (χ3v) is 4.77. The van der Waals surface area contributed by atoms with Gasteiger partial charge in [0.1, 0.15) is 0 Å². The number of thioether (sulfide) groups is 1. The van der Waals surface area contributed by atoms with Gasteiger partial charge < -0.3 is 10.6 Å². The van der Waals surface area contributed by atoms with Gasteiger partial charge in [0.2, 0.25) is 5.91 Å². The van der Waals surface area contributed by atoms with Crippen LogP contribution in [0.5, 0.6) is 0 Å². The largest absolute Gasteiger partial charge is 0.352 e. The van der Waals surface area contributed by atoms with Gasteiger partial charge in [0, 0.05) is 22.0 Å². The second kappa shape index (κ2) is 7.06. The maximum atomic E-state index is 12.2. The van der Waals surface area contributed by atoms with Crippen molar-refractivity contribution in [2.75, 3.05) is 17.6 Å². The molecule has 118 valence electrons. The van der Waals surface area contributed by atoms with Crippen LogP contribution in [0.4, 0.5) is 5.69 Å². The van der Waals surface area contributed by atoms with E-state index in [9.17, 15) is 9.59 Å². The Kier molecular flexibility index (Phi) is 4.88. The van der Waals surface area contributed by atoms with Crippen molar-refractivity contribution in [1.82, 2.24) is 5.32 Å². The van der Waals surface area contributed by atoms with Crippen molar-refractivity contribution in [3.05, 3.63) is 58.6 Å². The second-order valence-electron chi connectivity index (χ2n) is 5.18. The van der Waals surface area contributed by atoms with Crippen LogP contribution in [0, 0.1) is 0 Å². The molecule has 1 heterocycles. The van der Waals surface area contributed by atoms with Crippen molar-refractivity contribution in [1.29, 1.82) is 0 Å². The van der Waals surface area contributed by atoms with Crippen molar-refractivity contribution >= 4 is 40.9 Å². The topological polar surface area (TPSA) is 58.2 Å². The SMILES string of the molecule is O=C1CSc2ccc(C(=O)NCCc3cccc(Cl)c3)cc2N1. The minimum atomic E-state index is -0.153. The molecular weight excluding hydrogens is 332 g/mol. The van der Waals surface area contributed by atoms with Gasteiger partial charge in [-0.05, 0) is 42.3 Å². The van der Waals surface area contributed by atoms with Gasteiger partial charge in [0.05, 0.1) is 11.4 Å². The molecule has 23 heavy (non-hydrogen) atoms. The molecule has 0 fully saturated rings. The monoisotopic (exact) mass is 346 g/mol. The predicted octanol–water partition coefficient (Wildman–Crippen LogP) is 3.36. The maximum absolute atomic E-state index is 12.2. The van der Waals surface area contributed by atoms with Crippen LogP contribution in [0.15, 0.2) is 47.4 Å². The molecule has 0 atom stereocenters. The van der Waals surface area contributed by atoms with Crippen LogP contribution >= 0.6 is 23.4 Å². The highest BCUT2D eigenvalue weighted by Crippen LogP contribution is 2.31. The minimum Gasteiger partial charge on any atom is -0.352 e. The van der Waals surface area contributed by atoms with Crippen LogP contribution in [-0.2, 0) is 11.2 Å². The molecule has 0 spiro atoms. The number of carbonyl (C=O) groups is 2. The van der Waals surface area contributed by atoms with Gasteiger partial charge in [-0.3, -0.25) is 9.59 Å². The number of hydrogen-bond acceptors (Lipinski definition) is 3. The molecule has 0 saturated carbocycles. The van der Waals surface area contributed by atoms with Gasteiger partial charge in [-0.25, -0.2) is 0 Å². The van der Waals surface area contributed by atoms with Crippen LogP contribution < -0.4 is 10.6 Å². The molecule has 2 aromatic rings. The zero-order chi connectivity index (χ0) is 16.2. The molecule has 0 bridgehead atoms. The first kappa shape index (κ1) is 15.9. The van der Waals surface area contributed by atoms with Crippen molar-refractivity contribution in [2.45, 2.75) is 11.3 Å². The highest BCUT2D eigenvalue weighted by molar-refractivity contribution is 8.00. The number of benzene rings is 2. The number of rotatable bonds is 4. The molecule has 1 aliphatic rings. The molecule has 2 aromatic carbocycles. The van der Waals surface area contributed by atoms with Crippen molar-refractivity contribution in [3.8, 4) is 0 Å². The number of carbonyl (C=O) groups excluding carboxylic acids is 2. The average Bonchev–Trinajstić information content (AvgIpc) is 2.54. The van der Waals surface area contributed by atoms with E-state index < -0.39 is 0 Å². The molecule has 3 rings (SSSR count). The van der Waals surface area contributed by atoms with Crippen molar-refractivity contribution < 1.29 is 9.59 Å². The fourth-order valence-electron chi connectivity index (χ4n) is 2.34. The quantitative estimate of drug-likeness (QED) is 0.892. The van der Waals surface area contributed by atoms with Crippen LogP contribution in [0.2, 0.25) is 5.02 Å². The zero-order valence-corrected chi connectivity index (χ0v) is 13.8. The van der Waals surface area contributed by atoms with E-state index in [2.05, 4.69) is 10.6 Å². The van der Waals surface area contributed by atoms with E-state index in [4.69, 9.17) is 11.6 Å². The molecule has 2 amide bonds. The van der Waals surface area contributed by atoms with E-state index >= 15 is 0 Å². The number of nitrogens with one attached hydrogen (secondary N) is 2. The summed E-state index contributed by atoms with van der Waals surface area (Å²) in [5.74, 6) is 0.221. The summed E-state index contributed by atoms with van der Waals surface area (Å²) in [6.45, 7) is 0.525. The summed E-state index contributed by atoms with van der Waals surface area (Å²) in [5.41, 5.74) is 2.32. The highest BCUT2D eigenvalue weighted by Gasteiger charge is 2.17. The summed E-state index contributed by atoms with van der Waals surface area (Å²) >= 11 is 7.42. The van der Waals surface area contributed by atoms with E-state index in [0.29, 0.717) is 35.0 Å². The lowest BCUT2D eigenvalue weighted by atomic mass is 10.1. The lowest BCUT2D eigenvalue weighted by Crippen LogP contribution is -2.26. The molecule has 6 heteroatoms. The number of halogens is 1. The van der Waals surface area contributed by atoms with E-state index in [-0.39, 0.29) is 11.8 Å². The third-order valence-electron chi connectivity index (χ3n) is 3.46. The van der Waals surface area contributed by atoms with E-state index in [1.165, 1.54) is 11.8 Å². The number of fused-ring (bicyclic) bond motifs is 1. The lowest BCUT2D eigenvalue weighted by Gasteiger charge is -2.17. The molecule has 0 radical (unpaired) electrons. The summed E-state index contributed by atoms with van der Waals surface area (Å²) in [6.07, 6.45) is 0.712. The summed E-state index contributed by atoms with van der Waals surface area (Å²) in [5, 5.41) is 6.36. The molecular formula is C17H15ClN2O2S. The Morgan fingerprint density at radius 3 is 2.96 bits per heavy atom. The Morgan fingerprint density at radius 1 is 1.26 bits per heavy atom. The first-order valence-corrected chi connectivity index (χ1v) is 8.57. The molecule has 0 saturated heterocycles. The van der Waals surface area contributed by atoms with Gasteiger partial charge in [-0.15, -0.1) is 11.8 Å². The summed E-state index contributed by atoms with van der Waals surface area (Å²) in [6, 6.07) is 12.9. The van der Waals surface area contributed by atoms with E-state index in [1.54, 1.807) is 12.1 Å². The van der Waals surface area contributed by atoms with Gasteiger partial charge >= 0.3 is 0 Å². The summed E-state index contributed by atoms with van der Waals surface area (Å²) in [7, 11) is 0. The Hall–Kier alpha value is -1.98. The number of hydrogen-bond donors (Lipinski definition) is 2. The first-order chi connectivity index (χ1) is 11.1. The van der Waals surface area contributed by atoms with Crippen LogP contribution in [-0.4, -0.2) is 24.1 Å². The van der Waals surface area contributed by atoms with Gasteiger partial charge in [0.25, 0.3) is 5.91 Å². The molecule has 1 aliphatic heterocycles. The van der Waals surface area contributed by atoms with Crippen LogP contribution in [0.1, 0.15) is 15.9 Å². The van der Waals surface area contributed by atoms with Crippen LogP contribution in [0.25, 0.3) is 0 Å². The van der Waals surface area contributed by atoms with Crippen LogP contribution in [0.3, 0.4) is 0 Å². The van der Waals surface area contributed by atoms with Crippen molar-refractivity contribution in [3.63, 3.8) is 0 Å². The fraction of sp³-hybridized carbons (Fsp3) is 0.176. The van der Waals surface area contributed by atoms with Gasteiger partial charge in [-0.1, -0.05) is 23.7 Å². The molecule has 0 unspecified atom stereocenters. The molecule has 4 nitrogen and oxygen atoms in total. The minimum absolute atomic E-state index is 0.0407. The Labute approximate surface area is 143 Å². The second-order valence-corrected chi connectivity index (χ2v) is 6.64. The molecule has 0 aromatic heterocycles. The third kappa shape index (κ3) is 4.06. The number of amides is 2. The lowest BCUT2D eigenvalue weighted by molar-refractivity contribution is -0.113. The Bertz CT molecular complexity index is 764. The smallest absolute Gasteiger partial charge is 0.251 e. The van der Waals surface area contributed by atoms with E-state index in [0.717, 1.165) is 10.5 Å². The molecule has 0 aliphatic carbocycles. The van der Waals surface area contributed by atoms with Crippen molar-refractivity contribution in [2.24, 2.45) is 0 Å². The zero-order valence-electron chi connectivity index (χ0n) is 12.3. The Morgan fingerprint density at radius 2 is 2.13 bits per heavy atom. The predicted molar refractivity (Wildman–Crippen MR) is 93.3 cm³/mol. The van der Waals surface area contributed by atoms with Gasteiger partial charge in [0.15, 0.2) is 0 Å². The summed E-state index contributed by atoms with van der Waals surface area (Å²) < 4.78 is 0. The average molecular weight is 347 g/mol. The first-order valence-electron chi connectivity index (χ1n) is 7.21. The van der Waals surface area contributed by atoms with E-state index in [1.807, 2.05) is 30.3 Å². The molecule has 2 N–H and O–H groups in total. The normalized spacial score (nSPS) is 13.2. The fourth-order valence-corrected chi connectivity index (χ4v) is 3.34. The number of anilines is 1. The highest BCUT2D eigenvalue weighted by atomic mass is 35.5. The Balaban J connectivity index is 1.60. The maximum Gasteiger partial charge on any atom is 0.251 e. The van der Waals surface area contributed by atoms with Gasteiger partial charge in [-0.2, -0.15) is 0 Å². The standard InChI is InChI=1S/C17H15ClN2O2S/c18-13-3-1-2-11(8-13)6-7-19-17(22)12-4-5-15-14(9-12)20-16(21)10-23-15/h1-5,8-9H,6-7,10H2,(H,19,22)(H,20,21). The summed E-state index contributed by atoms with van der Waals surface area (Å²) in [4.78, 5) is 24.6.